The first-order valence-corrected chi connectivity index (χ1v) is 13.4. The molecule has 2 aromatic carbocycles. The molecule has 6 rings (SSSR count). The third-order valence-corrected chi connectivity index (χ3v) is 8.45. The summed E-state index contributed by atoms with van der Waals surface area (Å²) in [5.74, 6) is 0.751. The van der Waals surface area contributed by atoms with Gasteiger partial charge in [0.2, 0.25) is 5.52 Å². The minimum Gasteiger partial charge on any atom is -0.454 e. The van der Waals surface area contributed by atoms with Gasteiger partial charge in [-0.15, -0.1) is 0 Å². The Morgan fingerprint density at radius 1 is 1.06 bits per heavy atom. The zero-order valence-corrected chi connectivity index (χ0v) is 22.5. The molecule has 0 radical (unpaired) electrons. The SMILES string of the molecule is Cc1cc2cc(CC(C)(C)C)cc3oc4c(CC5CCCC5)c5c(cc[n+]5C)n(C)c4c(c1C)c23. The first kappa shape index (κ1) is 22.6. The molecule has 35 heavy (non-hydrogen) atoms. The number of hydrogen-bond acceptors (Lipinski definition) is 1. The lowest BCUT2D eigenvalue weighted by Crippen LogP contribution is -2.27. The smallest absolute Gasteiger partial charge is 0.236 e. The molecule has 1 fully saturated rings. The molecule has 3 nitrogen and oxygen atoms in total. The van der Waals surface area contributed by atoms with Gasteiger partial charge in [-0.3, -0.25) is 0 Å². The summed E-state index contributed by atoms with van der Waals surface area (Å²) < 4.78 is 11.7. The Balaban J connectivity index is 1.79. The summed E-state index contributed by atoms with van der Waals surface area (Å²) in [6, 6.07) is 9.36. The van der Waals surface area contributed by atoms with Gasteiger partial charge >= 0.3 is 0 Å². The largest absolute Gasteiger partial charge is 0.454 e. The van der Waals surface area contributed by atoms with Crippen molar-refractivity contribution in [2.24, 2.45) is 25.4 Å². The van der Waals surface area contributed by atoms with Crippen LogP contribution in [0.4, 0.5) is 0 Å². The highest BCUT2D eigenvalue weighted by Crippen LogP contribution is 2.42. The van der Waals surface area contributed by atoms with Crippen LogP contribution in [-0.4, -0.2) is 4.57 Å². The van der Waals surface area contributed by atoms with Crippen molar-refractivity contribution in [2.75, 3.05) is 0 Å². The molecule has 182 valence electrons. The van der Waals surface area contributed by atoms with E-state index in [2.05, 4.69) is 88.3 Å². The number of pyridine rings is 1. The first-order chi connectivity index (χ1) is 16.6. The van der Waals surface area contributed by atoms with E-state index in [0.717, 1.165) is 29.9 Å². The van der Waals surface area contributed by atoms with Crippen LogP contribution in [0.15, 0.2) is 34.9 Å². The molecule has 0 aliphatic heterocycles. The van der Waals surface area contributed by atoms with Crippen LogP contribution >= 0.6 is 0 Å². The van der Waals surface area contributed by atoms with E-state index in [1.165, 1.54) is 80.6 Å². The zero-order chi connectivity index (χ0) is 24.6. The van der Waals surface area contributed by atoms with E-state index in [4.69, 9.17) is 4.42 Å². The molecule has 5 aromatic rings. The van der Waals surface area contributed by atoms with Gasteiger partial charge < -0.3 is 8.98 Å². The van der Waals surface area contributed by atoms with Gasteiger partial charge in [-0.05, 0) is 66.2 Å². The van der Waals surface area contributed by atoms with Crippen molar-refractivity contribution in [3.05, 3.63) is 52.7 Å². The van der Waals surface area contributed by atoms with Crippen molar-refractivity contribution in [3.63, 3.8) is 0 Å². The second-order valence-corrected chi connectivity index (χ2v) is 12.5. The Labute approximate surface area is 208 Å². The third-order valence-electron chi connectivity index (χ3n) is 8.45. The predicted molar refractivity (Wildman–Crippen MR) is 147 cm³/mol. The van der Waals surface area contributed by atoms with E-state index >= 15 is 0 Å². The van der Waals surface area contributed by atoms with Gasteiger partial charge in [0.25, 0.3) is 0 Å². The molecule has 0 atom stereocenters. The molecule has 1 aliphatic rings. The molecule has 0 bridgehead atoms. The Bertz CT molecular complexity index is 1620. The zero-order valence-electron chi connectivity index (χ0n) is 22.5. The van der Waals surface area contributed by atoms with Gasteiger partial charge in [-0.1, -0.05) is 58.6 Å². The van der Waals surface area contributed by atoms with Crippen LogP contribution in [-0.2, 0) is 26.9 Å². The minimum atomic E-state index is 0.227. The summed E-state index contributed by atoms with van der Waals surface area (Å²) in [4.78, 5) is 0. The average Bonchev–Trinajstić information content (AvgIpc) is 3.42. The summed E-state index contributed by atoms with van der Waals surface area (Å²) in [7, 11) is 4.40. The summed E-state index contributed by atoms with van der Waals surface area (Å²) in [5, 5.41) is 3.94. The predicted octanol–water partition coefficient (Wildman–Crippen LogP) is 7.99. The molecule has 3 heteroatoms. The fourth-order valence-corrected chi connectivity index (χ4v) is 6.77. The van der Waals surface area contributed by atoms with Crippen LogP contribution in [0.1, 0.15) is 68.7 Å². The first-order valence-electron chi connectivity index (χ1n) is 13.4. The Kier molecular flexibility index (Phi) is 5.08. The molecule has 3 heterocycles. The number of benzene rings is 2. The molecule has 0 amide bonds. The number of aryl methyl sites for hydroxylation is 4. The van der Waals surface area contributed by atoms with Gasteiger partial charge in [0.15, 0.2) is 11.8 Å². The monoisotopic (exact) mass is 467 g/mol. The van der Waals surface area contributed by atoms with Crippen LogP contribution in [0.3, 0.4) is 0 Å². The lowest BCUT2D eigenvalue weighted by molar-refractivity contribution is -0.642. The molecule has 0 unspecified atom stereocenters. The summed E-state index contributed by atoms with van der Waals surface area (Å²) in [5.41, 5.74) is 11.7. The van der Waals surface area contributed by atoms with Crippen LogP contribution in [0, 0.1) is 25.2 Å². The quantitative estimate of drug-likeness (QED) is 0.150. The normalized spacial score (nSPS) is 15.5. The van der Waals surface area contributed by atoms with Crippen LogP contribution in [0.5, 0.6) is 0 Å². The van der Waals surface area contributed by atoms with Gasteiger partial charge in [0, 0.05) is 23.9 Å². The molecule has 0 N–H and O–H groups in total. The summed E-state index contributed by atoms with van der Waals surface area (Å²) in [6.45, 7) is 11.5. The topological polar surface area (TPSA) is 21.9 Å². The highest BCUT2D eigenvalue weighted by atomic mass is 16.3. The standard InChI is InChI=1S/C32H39N2O/c1-19-14-23-15-22(18-32(3,4)5)17-26-28(23)27(20(19)2)30-31(35-26)24(16-21-10-8-9-11-21)29-25(34(30)7)12-13-33(29)6/h12-15,17,21H,8-11,16,18H2,1-7H3/q+1. The molecular formula is C32H39N2O+. The lowest BCUT2D eigenvalue weighted by Gasteiger charge is -2.21. The Hall–Kier alpha value is -2.81. The summed E-state index contributed by atoms with van der Waals surface area (Å²) >= 11 is 0. The Morgan fingerprint density at radius 3 is 2.51 bits per heavy atom. The summed E-state index contributed by atoms with van der Waals surface area (Å²) in [6.07, 6.45) is 9.74. The average molecular weight is 468 g/mol. The van der Waals surface area contributed by atoms with Gasteiger partial charge in [0.1, 0.15) is 18.1 Å². The maximum Gasteiger partial charge on any atom is 0.236 e. The highest BCUT2D eigenvalue weighted by molar-refractivity contribution is 6.20. The van der Waals surface area contributed by atoms with E-state index in [-0.39, 0.29) is 5.41 Å². The van der Waals surface area contributed by atoms with E-state index in [1.54, 1.807) is 0 Å². The van der Waals surface area contributed by atoms with Crippen molar-refractivity contribution >= 4 is 43.9 Å². The van der Waals surface area contributed by atoms with Crippen molar-refractivity contribution in [1.29, 1.82) is 0 Å². The van der Waals surface area contributed by atoms with Crippen LogP contribution in [0.25, 0.3) is 43.9 Å². The minimum absolute atomic E-state index is 0.227. The lowest BCUT2D eigenvalue weighted by atomic mass is 9.86. The second-order valence-electron chi connectivity index (χ2n) is 12.5. The molecule has 0 spiro atoms. The van der Waals surface area contributed by atoms with Gasteiger partial charge in [-0.2, -0.15) is 4.57 Å². The molecule has 3 aromatic heterocycles. The van der Waals surface area contributed by atoms with E-state index in [0.29, 0.717) is 0 Å². The van der Waals surface area contributed by atoms with Gasteiger partial charge in [-0.25, -0.2) is 0 Å². The fraction of sp³-hybridized carbons (Fsp3) is 0.469. The number of nitrogens with zero attached hydrogens (tertiary/aromatic N) is 2. The molecule has 1 aliphatic carbocycles. The number of hydrogen-bond donors (Lipinski definition) is 0. The van der Waals surface area contributed by atoms with Crippen LogP contribution < -0.4 is 4.57 Å². The molecular weight excluding hydrogens is 428 g/mol. The maximum atomic E-state index is 7.02. The van der Waals surface area contributed by atoms with E-state index < -0.39 is 0 Å². The number of aromatic nitrogens is 2. The van der Waals surface area contributed by atoms with Crippen molar-refractivity contribution in [2.45, 2.75) is 73.1 Å². The maximum absolute atomic E-state index is 7.02. The molecule has 0 saturated heterocycles. The van der Waals surface area contributed by atoms with E-state index in [9.17, 15) is 0 Å². The van der Waals surface area contributed by atoms with Crippen LogP contribution in [0.2, 0.25) is 0 Å². The van der Waals surface area contributed by atoms with Gasteiger partial charge in [0.05, 0.1) is 11.1 Å². The number of fused-ring (bicyclic) bond motifs is 3. The molecule has 1 saturated carbocycles. The second kappa shape index (κ2) is 7.85. The third kappa shape index (κ3) is 3.58. The van der Waals surface area contributed by atoms with Crippen molar-refractivity contribution in [1.82, 2.24) is 4.57 Å². The highest BCUT2D eigenvalue weighted by Gasteiger charge is 2.28. The number of rotatable bonds is 3. The Morgan fingerprint density at radius 2 is 1.80 bits per heavy atom. The van der Waals surface area contributed by atoms with E-state index in [1.807, 2.05) is 0 Å². The van der Waals surface area contributed by atoms with Crippen molar-refractivity contribution < 1.29 is 8.98 Å². The van der Waals surface area contributed by atoms with Crippen molar-refractivity contribution in [3.8, 4) is 0 Å². The fourth-order valence-electron chi connectivity index (χ4n) is 6.77.